The van der Waals surface area contributed by atoms with Crippen LogP contribution in [0.3, 0.4) is 0 Å². The van der Waals surface area contributed by atoms with Gasteiger partial charge in [0, 0.05) is 4.88 Å². The number of halogens is 2. The molecule has 0 N–H and O–H groups in total. The molecule has 0 saturated carbocycles. The molecule has 0 amide bonds. The molecular weight excluding hydrogens is 320 g/mol. The summed E-state index contributed by atoms with van der Waals surface area (Å²) in [6.07, 6.45) is 0. The predicted octanol–water partition coefficient (Wildman–Crippen LogP) is 4.87. The maximum atomic E-state index is 6.50. The van der Waals surface area contributed by atoms with E-state index in [0.29, 0.717) is 6.61 Å². The Labute approximate surface area is 118 Å². The first kappa shape index (κ1) is 11.7. The SMILES string of the molecule is ClC(c1ccc2c(c1)COC2)c1ccc(Br)s1. The van der Waals surface area contributed by atoms with Gasteiger partial charge in [0.25, 0.3) is 0 Å². The second-order valence-electron chi connectivity index (χ2n) is 4.03. The van der Waals surface area contributed by atoms with Crippen LogP contribution in [0, 0.1) is 0 Å². The largest absolute Gasteiger partial charge is 0.372 e. The third-order valence-corrected chi connectivity index (χ3v) is 5.19. The third-order valence-electron chi connectivity index (χ3n) is 2.88. The molecule has 1 aromatic carbocycles. The van der Waals surface area contributed by atoms with Crippen molar-refractivity contribution < 1.29 is 4.74 Å². The second-order valence-corrected chi connectivity index (χ2v) is 6.96. The van der Waals surface area contributed by atoms with E-state index in [4.69, 9.17) is 16.3 Å². The molecule has 1 unspecified atom stereocenters. The van der Waals surface area contributed by atoms with Gasteiger partial charge < -0.3 is 4.74 Å². The first-order valence-electron chi connectivity index (χ1n) is 5.33. The van der Waals surface area contributed by atoms with Crippen molar-refractivity contribution in [3.05, 3.63) is 55.7 Å². The fourth-order valence-corrected chi connectivity index (χ4v) is 3.75. The van der Waals surface area contributed by atoms with Gasteiger partial charge in [0.05, 0.1) is 22.4 Å². The van der Waals surface area contributed by atoms with Crippen LogP contribution in [0.4, 0.5) is 0 Å². The van der Waals surface area contributed by atoms with E-state index in [1.54, 1.807) is 11.3 Å². The smallest absolute Gasteiger partial charge is 0.0928 e. The topological polar surface area (TPSA) is 9.23 Å². The Morgan fingerprint density at radius 3 is 2.76 bits per heavy atom. The van der Waals surface area contributed by atoms with Crippen molar-refractivity contribution in [3.63, 3.8) is 0 Å². The van der Waals surface area contributed by atoms with E-state index < -0.39 is 0 Å². The molecule has 1 nitrogen and oxygen atoms in total. The van der Waals surface area contributed by atoms with Crippen LogP contribution in [0.25, 0.3) is 0 Å². The minimum Gasteiger partial charge on any atom is -0.372 e. The highest BCUT2D eigenvalue weighted by Gasteiger charge is 2.17. The summed E-state index contributed by atoms with van der Waals surface area (Å²) in [5.74, 6) is 0. The van der Waals surface area contributed by atoms with Crippen LogP contribution in [0.5, 0.6) is 0 Å². The monoisotopic (exact) mass is 328 g/mol. The summed E-state index contributed by atoms with van der Waals surface area (Å²) in [6, 6.07) is 10.5. The molecule has 0 spiro atoms. The first-order chi connectivity index (χ1) is 8.24. The molecule has 2 aromatic rings. The van der Waals surface area contributed by atoms with E-state index in [1.807, 2.05) is 6.07 Å². The Bertz CT molecular complexity index is 552. The number of rotatable bonds is 2. The number of hydrogen-bond acceptors (Lipinski definition) is 2. The van der Waals surface area contributed by atoms with Crippen molar-refractivity contribution in [2.45, 2.75) is 18.6 Å². The van der Waals surface area contributed by atoms with Gasteiger partial charge in [-0.25, -0.2) is 0 Å². The minimum absolute atomic E-state index is 0.0720. The molecule has 17 heavy (non-hydrogen) atoms. The summed E-state index contributed by atoms with van der Waals surface area (Å²) in [5.41, 5.74) is 3.69. The van der Waals surface area contributed by atoms with Crippen LogP contribution < -0.4 is 0 Å². The molecule has 0 bridgehead atoms. The quantitative estimate of drug-likeness (QED) is 0.714. The maximum absolute atomic E-state index is 6.50. The Morgan fingerprint density at radius 1 is 1.18 bits per heavy atom. The fourth-order valence-electron chi connectivity index (χ4n) is 1.98. The summed E-state index contributed by atoms with van der Waals surface area (Å²) in [7, 11) is 0. The highest BCUT2D eigenvalue weighted by Crippen LogP contribution is 2.36. The van der Waals surface area contributed by atoms with E-state index in [2.05, 4.69) is 40.2 Å². The van der Waals surface area contributed by atoms with Crippen LogP contribution in [0.15, 0.2) is 34.1 Å². The van der Waals surface area contributed by atoms with Crippen molar-refractivity contribution in [1.29, 1.82) is 0 Å². The van der Waals surface area contributed by atoms with Gasteiger partial charge in [-0.1, -0.05) is 18.2 Å². The molecule has 0 saturated heterocycles. The number of hydrogen-bond donors (Lipinski definition) is 0. The summed E-state index contributed by atoms with van der Waals surface area (Å²) in [4.78, 5) is 1.16. The van der Waals surface area contributed by atoms with Crippen LogP contribution >= 0.6 is 38.9 Å². The van der Waals surface area contributed by atoms with Crippen molar-refractivity contribution >= 4 is 38.9 Å². The third kappa shape index (κ3) is 2.29. The molecule has 3 rings (SSSR count). The van der Waals surface area contributed by atoms with Gasteiger partial charge >= 0.3 is 0 Å². The van der Waals surface area contributed by atoms with Crippen molar-refractivity contribution in [1.82, 2.24) is 0 Å². The lowest BCUT2D eigenvalue weighted by Crippen LogP contribution is -1.92. The first-order valence-corrected chi connectivity index (χ1v) is 7.37. The highest BCUT2D eigenvalue weighted by molar-refractivity contribution is 9.11. The van der Waals surface area contributed by atoms with E-state index in [1.165, 1.54) is 11.1 Å². The average Bonchev–Trinajstić information content (AvgIpc) is 2.95. The number of benzene rings is 1. The Morgan fingerprint density at radius 2 is 2.00 bits per heavy atom. The zero-order valence-electron chi connectivity index (χ0n) is 8.95. The van der Waals surface area contributed by atoms with E-state index >= 15 is 0 Å². The molecule has 1 aliphatic rings. The lowest BCUT2D eigenvalue weighted by molar-refractivity contribution is 0.134. The Hall–Kier alpha value is -0.350. The lowest BCUT2D eigenvalue weighted by Gasteiger charge is -2.09. The standard InChI is InChI=1S/C13H10BrClOS/c14-12-4-3-11(17-12)13(15)8-1-2-9-6-16-7-10(9)5-8/h1-5,13H,6-7H2. The molecule has 0 fully saturated rings. The van der Waals surface area contributed by atoms with Gasteiger partial charge in [-0.15, -0.1) is 22.9 Å². The van der Waals surface area contributed by atoms with Crippen molar-refractivity contribution in [2.24, 2.45) is 0 Å². The molecule has 1 atom stereocenters. The zero-order chi connectivity index (χ0) is 11.8. The van der Waals surface area contributed by atoms with Gasteiger partial charge in [0.2, 0.25) is 0 Å². The zero-order valence-corrected chi connectivity index (χ0v) is 12.1. The highest BCUT2D eigenvalue weighted by atomic mass is 79.9. The maximum Gasteiger partial charge on any atom is 0.0928 e. The molecule has 1 aliphatic heterocycles. The number of thiophene rings is 1. The molecule has 88 valence electrons. The van der Waals surface area contributed by atoms with Gasteiger partial charge in [0.15, 0.2) is 0 Å². The second kappa shape index (κ2) is 4.73. The molecule has 1 aromatic heterocycles. The van der Waals surface area contributed by atoms with Crippen LogP contribution in [-0.4, -0.2) is 0 Å². The van der Waals surface area contributed by atoms with E-state index in [9.17, 15) is 0 Å². The minimum atomic E-state index is -0.0720. The van der Waals surface area contributed by atoms with Crippen LogP contribution in [0.1, 0.15) is 26.9 Å². The normalized spacial score (nSPS) is 15.9. The average molecular weight is 330 g/mol. The molecule has 4 heteroatoms. The number of ether oxygens (including phenoxy) is 1. The molecule has 2 heterocycles. The van der Waals surface area contributed by atoms with Gasteiger partial charge in [-0.05, 0) is 44.8 Å². The number of alkyl halides is 1. The van der Waals surface area contributed by atoms with Gasteiger partial charge in [-0.2, -0.15) is 0 Å². The van der Waals surface area contributed by atoms with E-state index in [0.717, 1.165) is 20.8 Å². The summed E-state index contributed by atoms with van der Waals surface area (Å²) in [6.45, 7) is 1.44. The van der Waals surface area contributed by atoms with Gasteiger partial charge in [-0.3, -0.25) is 0 Å². The predicted molar refractivity (Wildman–Crippen MR) is 74.7 cm³/mol. The summed E-state index contributed by atoms with van der Waals surface area (Å²) >= 11 is 11.6. The molecule has 0 radical (unpaired) electrons. The van der Waals surface area contributed by atoms with Crippen LogP contribution in [-0.2, 0) is 18.0 Å². The van der Waals surface area contributed by atoms with Crippen molar-refractivity contribution in [3.8, 4) is 0 Å². The number of fused-ring (bicyclic) bond motifs is 1. The summed E-state index contributed by atoms with van der Waals surface area (Å²) in [5, 5.41) is -0.0720. The fraction of sp³-hybridized carbons (Fsp3) is 0.231. The molecular formula is C13H10BrClOS. The van der Waals surface area contributed by atoms with Crippen LogP contribution in [0.2, 0.25) is 0 Å². The Balaban J connectivity index is 1.94. The molecule has 0 aliphatic carbocycles. The van der Waals surface area contributed by atoms with E-state index in [-0.39, 0.29) is 5.38 Å². The van der Waals surface area contributed by atoms with Crippen molar-refractivity contribution in [2.75, 3.05) is 0 Å². The Kier molecular flexibility index (Phi) is 3.26. The lowest BCUT2D eigenvalue weighted by atomic mass is 10.0. The van der Waals surface area contributed by atoms with Gasteiger partial charge in [0.1, 0.15) is 0 Å². The summed E-state index contributed by atoms with van der Waals surface area (Å²) < 4.78 is 6.53.